The zero-order chi connectivity index (χ0) is 10.8. The predicted octanol–water partition coefficient (Wildman–Crippen LogP) is 2.54. The Morgan fingerprint density at radius 3 is 2.06 bits per heavy atom. The summed E-state index contributed by atoms with van der Waals surface area (Å²) in [5, 5.41) is 9.17. The molecule has 1 aromatic carbocycles. The van der Waals surface area contributed by atoms with Crippen LogP contribution in [0.4, 0.5) is 0 Å². The van der Waals surface area contributed by atoms with Crippen LogP contribution in [0.5, 0.6) is 0 Å². The first-order valence-electron chi connectivity index (χ1n) is 5.94. The number of aryl methyl sites for hydroxylation is 2. The quantitative estimate of drug-likeness (QED) is 0.681. The highest BCUT2D eigenvalue weighted by Crippen LogP contribution is 2.18. The van der Waals surface area contributed by atoms with Gasteiger partial charge >= 0.3 is 0 Å². The molecule has 0 radical (unpaired) electrons. The summed E-state index contributed by atoms with van der Waals surface area (Å²) in [4.78, 5) is 1.77. The molecule has 0 bridgehead atoms. The number of para-hydroxylation sites is 1. The summed E-state index contributed by atoms with van der Waals surface area (Å²) in [6, 6.07) is 10.1. The van der Waals surface area contributed by atoms with Gasteiger partial charge in [-0.15, -0.1) is 0 Å². The standard InChI is InChI=1S/C13H15N3/c1-3-7-11(8-4-1)16-14-12-9-5-2-6-10-13(12)15-16/h1,3-4,7-8H,2,5-6,9-10H2. The monoisotopic (exact) mass is 213 g/mol. The van der Waals surface area contributed by atoms with Gasteiger partial charge in [-0.25, -0.2) is 0 Å². The van der Waals surface area contributed by atoms with Gasteiger partial charge in [0.25, 0.3) is 0 Å². The number of nitrogens with zero attached hydrogens (tertiary/aromatic N) is 3. The Labute approximate surface area is 95.1 Å². The average molecular weight is 213 g/mol. The Balaban J connectivity index is 1.98. The van der Waals surface area contributed by atoms with E-state index in [1.807, 2.05) is 30.3 Å². The zero-order valence-corrected chi connectivity index (χ0v) is 9.26. The normalized spacial score (nSPS) is 15.5. The van der Waals surface area contributed by atoms with E-state index >= 15 is 0 Å². The lowest BCUT2D eigenvalue weighted by atomic mass is 10.2. The molecule has 1 aromatic heterocycles. The number of benzene rings is 1. The van der Waals surface area contributed by atoms with E-state index in [0.29, 0.717) is 0 Å². The molecule has 1 aliphatic rings. The van der Waals surface area contributed by atoms with Crippen molar-refractivity contribution >= 4 is 0 Å². The smallest absolute Gasteiger partial charge is 0.0863 e. The van der Waals surface area contributed by atoms with Crippen LogP contribution in [0, 0.1) is 0 Å². The molecule has 3 nitrogen and oxygen atoms in total. The summed E-state index contributed by atoms with van der Waals surface area (Å²) < 4.78 is 0. The second kappa shape index (κ2) is 4.08. The van der Waals surface area contributed by atoms with E-state index in [9.17, 15) is 0 Å². The molecule has 82 valence electrons. The number of fused-ring (bicyclic) bond motifs is 1. The van der Waals surface area contributed by atoms with E-state index in [1.165, 1.54) is 30.7 Å². The first-order valence-corrected chi connectivity index (χ1v) is 5.94. The van der Waals surface area contributed by atoms with Crippen LogP contribution in [0.25, 0.3) is 5.69 Å². The average Bonchev–Trinajstić information content (AvgIpc) is 2.62. The number of hydrogen-bond donors (Lipinski definition) is 0. The highest BCUT2D eigenvalue weighted by molar-refractivity contribution is 5.29. The SMILES string of the molecule is c1ccc(-n2nc3c(n2)CCCCC3)cc1. The minimum atomic E-state index is 1.05. The molecule has 0 fully saturated rings. The zero-order valence-electron chi connectivity index (χ0n) is 9.26. The van der Waals surface area contributed by atoms with Gasteiger partial charge in [0.05, 0.1) is 17.1 Å². The summed E-state index contributed by atoms with van der Waals surface area (Å²) in [7, 11) is 0. The van der Waals surface area contributed by atoms with Crippen LogP contribution in [-0.2, 0) is 12.8 Å². The highest BCUT2D eigenvalue weighted by Gasteiger charge is 2.14. The van der Waals surface area contributed by atoms with Crippen LogP contribution in [0.3, 0.4) is 0 Å². The van der Waals surface area contributed by atoms with Crippen LogP contribution in [0.1, 0.15) is 30.7 Å². The van der Waals surface area contributed by atoms with Crippen molar-refractivity contribution in [2.24, 2.45) is 0 Å². The maximum absolute atomic E-state index is 4.59. The van der Waals surface area contributed by atoms with Crippen molar-refractivity contribution in [1.82, 2.24) is 15.0 Å². The lowest BCUT2D eigenvalue weighted by molar-refractivity contribution is 0.663. The van der Waals surface area contributed by atoms with Crippen molar-refractivity contribution in [2.75, 3.05) is 0 Å². The first kappa shape index (κ1) is 9.58. The third-order valence-corrected chi connectivity index (χ3v) is 3.08. The van der Waals surface area contributed by atoms with Crippen LogP contribution in [0.2, 0.25) is 0 Å². The largest absolute Gasteiger partial charge is 0.153 e. The van der Waals surface area contributed by atoms with Gasteiger partial charge in [-0.3, -0.25) is 0 Å². The third-order valence-electron chi connectivity index (χ3n) is 3.08. The summed E-state index contributed by atoms with van der Waals surface area (Å²) in [6.07, 6.45) is 5.98. The number of aromatic nitrogens is 3. The Hall–Kier alpha value is -1.64. The Bertz CT molecular complexity index is 450. The van der Waals surface area contributed by atoms with Crippen molar-refractivity contribution in [1.29, 1.82) is 0 Å². The molecule has 0 aliphatic heterocycles. The topological polar surface area (TPSA) is 30.7 Å². The number of rotatable bonds is 1. The molecule has 3 rings (SSSR count). The lowest BCUT2D eigenvalue weighted by Crippen LogP contribution is -1.99. The third kappa shape index (κ3) is 1.73. The predicted molar refractivity (Wildman–Crippen MR) is 62.6 cm³/mol. The molecule has 0 amide bonds. The molecule has 1 aliphatic carbocycles. The molecule has 0 unspecified atom stereocenters. The van der Waals surface area contributed by atoms with Crippen molar-refractivity contribution in [3.8, 4) is 5.69 Å². The lowest BCUT2D eigenvalue weighted by Gasteiger charge is -1.98. The molecule has 0 spiro atoms. The minimum Gasteiger partial charge on any atom is -0.153 e. The maximum Gasteiger partial charge on any atom is 0.0863 e. The maximum atomic E-state index is 4.59. The molecule has 0 atom stereocenters. The fraction of sp³-hybridized carbons (Fsp3) is 0.385. The Morgan fingerprint density at radius 2 is 1.44 bits per heavy atom. The van der Waals surface area contributed by atoms with Crippen molar-refractivity contribution in [2.45, 2.75) is 32.1 Å². The summed E-state index contributed by atoms with van der Waals surface area (Å²) in [6.45, 7) is 0. The fourth-order valence-electron chi connectivity index (χ4n) is 2.19. The summed E-state index contributed by atoms with van der Waals surface area (Å²) in [5.74, 6) is 0. The van der Waals surface area contributed by atoms with E-state index in [2.05, 4.69) is 10.2 Å². The Morgan fingerprint density at radius 1 is 0.812 bits per heavy atom. The molecule has 1 heterocycles. The summed E-state index contributed by atoms with van der Waals surface area (Å²) in [5.41, 5.74) is 3.44. The molecule has 16 heavy (non-hydrogen) atoms. The van der Waals surface area contributed by atoms with Crippen LogP contribution in [-0.4, -0.2) is 15.0 Å². The van der Waals surface area contributed by atoms with Gasteiger partial charge in [-0.2, -0.15) is 15.0 Å². The highest BCUT2D eigenvalue weighted by atomic mass is 15.5. The van der Waals surface area contributed by atoms with Crippen molar-refractivity contribution in [3.63, 3.8) is 0 Å². The molecule has 0 saturated carbocycles. The van der Waals surface area contributed by atoms with Crippen LogP contribution < -0.4 is 0 Å². The summed E-state index contributed by atoms with van der Waals surface area (Å²) >= 11 is 0. The first-order chi connectivity index (χ1) is 7.93. The van der Waals surface area contributed by atoms with Crippen LogP contribution in [0.15, 0.2) is 30.3 Å². The van der Waals surface area contributed by atoms with E-state index in [0.717, 1.165) is 18.5 Å². The van der Waals surface area contributed by atoms with Gasteiger partial charge in [0.15, 0.2) is 0 Å². The Kier molecular flexibility index (Phi) is 2.44. The molecule has 0 N–H and O–H groups in total. The van der Waals surface area contributed by atoms with Crippen LogP contribution >= 0.6 is 0 Å². The number of hydrogen-bond acceptors (Lipinski definition) is 2. The minimum absolute atomic E-state index is 1.05. The molecular formula is C13H15N3. The van der Waals surface area contributed by atoms with Gasteiger partial charge < -0.3 is 0 Å². The second-order valence-electron chi connectivity index (χ2n) is 4.28. The van der Waals surface area contributed by atoms with E-state index in [4.69, 9.17) is 0 Å². The van der Waals surface area contributed by atoms with E-state index < -0.39 is 0 Å². The van der Waals surface area contributed by atoms with Gasteiger partial charge in [0.1, 0.15) is 0 Å². The molecule has 2 aromatic rings. The molecular weight excluding hydrogens is 198 g/mol. The van der Waals surface area contributed by atoms with Gasteiger partial charge in [-0.1, -0.05) is 24.6 Å². The van der Waals surface area contributed by atoms with Gasteiger partial charge in [-0.05, 0) is 37.8 Å². The molecule has 0 saturated heterocycles. The van der Waals surface area contributed by atoms with Gasteiger partial charge in [0, 0.05) is 0 Å². The van der Waals surface area contributed by atoms with Gasteiger partial charge in [0.2, 0.25) is 0 Å². The second-order valence-corrected chi connectivity index (χ2v) is 4.28. The van der Waals surface area contributed by atoms with Crippen molar-refractivity contribution < 1.29 is 0 Å². The molecule has 3 heteroatoms. The van der Waals surface area contributed by atoms with Crippen molar-refractivity contribution in [3.05, 3.63) is 41.7 Å². The fourth-order valence-corrected chi connectivity index (χ4v) is 2.19. The van der Waals surface area contributed by atoms with E-state index in [1.54, 1.807) is 4.80 Å². The van der Waals surface area contributed by atoms with E-state index in [-0.39, 0.29) is 0 Å².